The summed E-state index contributed by atoms with van der Waals surface area (Å²) in [5, 5.41) is 10.1. The van der Waals surface area contributed by atoms with Crippen molar-refractivity contribution < 1.29 is 14.4 Å². The fourth-order valence-corrected chi connectivity index (χ4v) is 5.18. The van der Waals surface area contributed by atoms with Crippen LogP contribution in [0.25, 0.3) is 0 Å². The lowest BCUT2D eigenvalue weighted by Gasteiger charge is -2.42. The summed E-state index contributed by atoms with van der Waals surface area (Å²) in [7, 11) is 0. The summed E-state index contributed by atoms with van der Waals surface area (Å²) in [6.45, 7) is 8.74. The summed E-state index contributed by atoms with van der Waals surface area (Å²) in [6, 6.07) is 10.2. The molecule has 0 amide bonds. The second kappa shape index (κ2) is 9.37. The molecule has 1 N–H and O–H groups in total. The van der Waals surface area contributed by atoms with Crippen LogP contribution in [0.4, 0.5) is 0 Å². The van der Waals surface area contributed by atoms with Crippen LogP contribution in [0, 0.1) is 0 Å². The summed E-state index contributed by atoms with van der Waals surface area (Å²) < 4.78 is 21.0. The van der Waals surface area contributed by atoms with E-state index in [0.29, 0.717) is 6.54 Å². The van der Waals surface area contributed by atoms with Gasteiger partial charge in [-0.25, -0.2) is 0 Å². The lowest BCUT2D eigenvalue weighted by Crippen LogP contribution is -2.54. The van der Waals surface area contributed by atoms with Gasteiger partial charge in [-0.2, -0.15) is 0 Å². The van der Waals surface area contributed by atoms with Crippen LogP contribution in [-0.2, 0) is 22.6 Å². The van der Waals surface area contributed by atoms with Crippen LogP contribution < -0.4 is 0 Å². The number of benzene rings is 1. The zero-order valence-electron chi connectivity index (χ0n) is 15.5. The van der Waals surface area contributed by atoms with Crippen molar-refractivity contribution in [2.24, 2.45) is 0 Å². The zero-order valence-corrected chi connectivity index (χ0v) is 18.5. The molecule has 4 nitrogen and oxygen atoms in total. The topological polar surface area (TPSA) is 55.8 Å². The number of nitrogens with zero attached hydrogens (tertiary/aromatic N) is 1. The van der Waals surface area contributed by atoms with Gasteiger partial charge in [-0.15, -0.1) is 4.31 Å². The smallest absolute Gasteiger partial charge is 0.166 e. The van der Waals surface area contributed by atoms with Gasteiger partial charge < -0.3 is 14.4 Å². The fraction of sp³-hybridized carbons (Fsp3) is 0.684. The van der Waals surface area contributed by atoms with E-state index in [2.05, 4.69) is 46.0 Å². The Morgan fingerprint density at radius 3 is 2.48 bits per heavy atom. The average Bonchev–Trinajstić information content (AvgIpc) is 2.57. The van der Waals surface area contributed by atoms with Crippen molar-refractivity contribution in [1.29, 1.82) is 0 Å². The van der Waals surface area contributed by atoms with Crippen molar-refractivity contribution in [3.8, 4) is 0 Å². The van der Waals surface area contributed by atoms with Crippen molar-refractivity contribution >= 4 is 34.0 Å². The molecule has 5 atom stereocenters. The molecule has 1 fully saturated rings. The summed E-state index contributed by atoms with van der Waals surface area (Å²) in [4.78, 5) is 0. The second-order valence-corrected chi connectivity index (χ2v) is 11.3. The van der Waals surface area contributed by atoms with Crippen molar-refractivity contribution in [3.63, 3.8) is 0 Å². The second-order valence-electron chi connectivity index (χ2n) is 7.56. The lowest BCUT2D eigenvalue weighted by molar-refractivity contribution is -0.170. The van der Waals surface area contributed by atoms with E-state index in [4.69, 9.17) is 4.74 Å². The Morgan fingerprint density at radius 2 is 1.96 bits per heavy atom. The number of hydrogen-bond donors (Lipinski definition) is 1. The first-order valence-corrected chi connectivity index (χ1v) is 11.3. The van der Waals surface area contributed by atoms with E-state index in [1.54, 1.807) is 0 Å². The van der Waals surface area contributed by atoms with Crippen molar-refractivity contribution in [2.75, 3.05) is 0 Å². The van der Waals surface area contributed by atoms with E-state index >= 15 is 0 Å². The van der Waals surface area contributed by atoms with Crippen LogP contribution in [0.15, 0.2) is 30.3 Å². The zero-order chi connectivity index (χ0) is 18.6. The number of rotatable bonds is 6. The van der Waals surface area contributed by atoms with Gasteiger partial charge in [0, 0.05) is 11.4 Å². The molecule has 0 aliphatic carbocycles. The molecule has 142 valence electrons. The Hall–Kier alpha value is 0.140. The first-order chi connectivity index (χ1) is 11.7. The van der Waals surface area contributed by atoms with Gasteiger partial charge in [0.15, 0.2) is 6.29 Å². The van der Waals surface area contributed by atoms with E-state index in [0.717, 1.165) is 24.8 Å². The monoisotopic (exact) mass is 479 g/mol. The van der Waals surface area contributed by atoms with Gasteiger partial charge in [-0.3, -0.25) is 0 Å². The van der Waals surface area contributed by atoms with E-state index < -0.39 is 17.7 Å². The van der Waals surface area contributed by atoms with Crippen molar-refractivity contribution in [3.05, 3.63) is 35.9 Å². The Kier molecular flexibility index (Phi) is 8.04. The van der Waals surface area contributed by atoms with Crippen LogP contribution >= 0.6 is 22.6 Å². The summed E-state index contributed by atoms with van der Waals surface area (Å²) >= 11 is 1.08. The molecule has 1 heterocycles. The quantitative estimate of drug-likeness (QED) is 0.380. The van der Waals surface area contributed by atoms with Gasteiger partial charge in [0.25, 0.3) is 0 Å². The first-order valence-electron chi connectivity index (χ1n) is 8.94. The van der Waals surface area contributed by atoms with E-state index in [1.165, 1.54) is 0 Å². The number of hydrogen-bond acceptors (Lipinski definition) is 4. The molecule has 6 heteroatoms. The Bertz CT molecular complexity index is 525. The first kappa shape index (κ1) is 21.4. The van der Waals surface area contributed by atoms with Gasteiger partial charge >= 0.3 is 0 Å². The molecule has 0 saturated carbocycles. The molecule has 2 rings (SSSR count). The van der Waals surface area contributed by atoms with Crippen molar-refractivity contribution in [1.82, 2.24) is 4.31 Å². The number of halogens is 1. The molecule has 0 unspecified atom stereocenters. The molecule has 0 spiro atoms. The molecule has 1 aliphatic rings. The van der Waals surface area contributed by atoms with Gasteiger partial charge in [0.05, 0.1) is 22.6 Å². The third-order valence-corrected chi connectivity index (χ3v) is 7.60. The van der Waals surface area contributed by atoms with Gasteiger partial charge in [-0.1, -0.05) is 59.8 Å². The number of aliphatic hydroxyl groups is 1. The number of alkyl halides is 1. The maximum atomic E-state index is 13.3. The standard InChI is InChI=1S/C19H30INO3S/c1-5-16(17-12-11-15(20)18(22)24-17)21(25(23)19(2,3)4)13-14-9-7-6-8-10-14/h6-10,15-18,22H,5,11-13H2,1-4H3/t15-,16-,17-,18-,25-/m0/s1. The van der Waals surface area contributed by atoms with Crippen LogP contribution in [0.5, 0.6) is 0 Å². The van der Waals surface area contributed by atoms with E-state index in [1.807, 2.05) is 39.0 Å². The minimum absolute atomic E-state index is 0.0128. The van der Waals surface area contributed by atoms with Gasteiger partial charge in [-0.05, 0) is 45.6 Å². The third kappa shape index (κ3) is 5.81. The van der Waals surface area contributed by atoms with Gasteiger partial charge in [0.2, 0.25) is 0 Å². The lowest BCUT2D eigenvalue weighted by atomic mass is 9.99. The van der Waals surface area contributed by atoms with Crippen LogP contribution in [-0.4, -0.2) is 41.1 Å². The van der Waals surface area contributed by atoms with E-state index in [-0.39, 0.29) is 20.8 Å². The molecule has 1 aromatic rings. The SMILES string of the molecule is CC[C@@H]([C@@H]1CC[C@H](I)[C@@H](O)O1)N(Cc1ccccc1)[S@@+]([O-])C(C)(C)C. The largest absolute Gasteiger partial charge is 0.597 e. The number of aliphatic hydroxyl groups excluding tert-OH is 1. The van der Waals surface area contributed by atoms with Gasteiger partial charge in [0.1, 0.15) is 4.75 Å². The van der Waals surface area contributed by atoms with Crippen molar-refractivity contribution in [2.45, 2.75) is 80.6 Å². The normalized spacial score (nSPS) is 27.3. The molecule has 1 aliphatic heterocycles. The molecule has 0 radical (unpaired) electrons. The molecule has 1 saturated heterocycles. The fourth-order valence-electron chi connectivity index (χ4n) is 3.15. The highest BCUT2D eigenvalue weighted by molar-refractivity contribution is 14.1. The maximum Gasteiger partial charge on any atom is 0.166 e. The summed E-state index contributed by atoms with van der Waals surface area (Å²) in [6.07, 6.45) is 1.80. The maximum absolute atomic E-state index is 13.3. The Labute approximate surface area is 168 Å². The highest BCUT2D eigenvalue weighted by Gasteiger charge is 2.43. The van der Waals surface area contributed by atoms with Crippen LogP contribution in [0.1, 0.15) is 52.5 Å². The third-order valence-electron chi connectivity index (χ3n) is 4.49. The Balaban J connectivity index is 2.25. The predicted molar refractivity (Wildman–Crippen MR) is 112 cm³/mol. The minimum atomic E-state index is -1.16. The molecular formula is C19H30INO3S. The highest BCUT2D eigenvalue weighted by Crippen LogP contribution is 2.33. The molecule has 1 aromatic carbocycles. The molecular weight excluding hydrogens is 449 g/mol. The number of ether oxygens (including phenoxy) is 1. The van der Waals surface area contributed by atoms with E-state index in [9.17, 15) is 9.66 Å². The summed E-state index contributed by atoms with van der Waals surface area (Å²) in [5.74, 6) is 0. The molecule has 0 bridgehead atoms. The molecule has 25 heavy (non-hydrogen) atoms. The molecule has 0 aromatic heterocycles. The average molecular weight is 479 g/mol. The highest BCUT2D eigenvalue weighted by atomic mass is 127. The predicted octanol–water partition coefficient (Wildman–Crippen LogP) is 4.03. The Morgan fingerprint density at radius 1 is 1.32 bits per heavy atom. The summed E-state index contributed by atoms with van der Waals surface area (Å²) in [5.41, 5.74) is 1.14. The van der Waals surface area contributed by atoms with Crippen LogP contribution in [0.3, 0.4) is 0 Å². The van der Waals surface area contributed by atoms with Crippen LogP contribution in [0.2, 0.25) is 0 Å². The minimum Gasteiger partial charge on any atom is -0.597 e.